The standard InChI is InChI=1S/C11H10ClNOS/c1-7-5-9-8(3-2-4-10(9)12)6-11(7)15(13)14/h2-6H,13H2,1H3. The van der Waals surface area contributed by atoms with Gasteiger partial charge in [-0.15, -0.1) is 0 Å². The van der Waals surface area contributed by atoms with Crippen LogP contribution in [0.25, 0.3) is 10.8 Å². The maximum Gasteiger partial charge on any atom is 0.122 e. The van der Waals surface area contributed by atoms with E-state index in [1.165, 1.54) is 0 Å². The van der Waals surface area contributed by atoms with E-state index in [1.807, 2.05) is 37.3 Å². The summed E-state index contributed by atoms with van der Waals surface area (Å²) in [6.45, 7) is 1.88. The van der Waals surface area contributed by atoms with Crippen molar-refractivity contribution in [2.24, 2.45) is 5.14 Å². The third-order valence-electron chi connectivity index (χ3n) is 2.34. The molecule has 0 aliphatic carbocycles. The second kappa shape index (κ2) is 3.93. The van der Waals surface area contributed by atoms with E-state index >= 15 is 0 Å². The third kappa shape index (κ3) is 1.91. The Morgan fingerprint density at radius 2 is 2.07 bits per heavy atom. The van der Waals surface area contributed by atoms with Crippen molar-refractivity contribution >= 4 is 33.4 Å². The molecule has 2 aromatic rings. The molecule has 0 heterocycles. The SMILES string of the molecule is Cc1cc2c(Cl)cccc2cc1S(N)=O. The van der Waals surface area contributed by atoms with Crippen molar-refractivity contribution < 1.29 is 4.21 Å². The molecule has 2 nitrogen and oxygen atoms in total. The van der Waals surface area contributed by atoms with E-state index in [1.54, 1.807) is 0 Å². The van der Waals surface area contributed by atoms with E-state index in [2.05, 4.69) is 0 Å². The summed E-state index contributed by atoms with van der Waals surface area (Å²) in [5.41, 5.74) is 0.899. The fourth-order valence-electron chi connectivity index (χ4n) is 1.59. The monoisotopic (exact) mass is 239 g/mol. The molecular formula is C11H10ClNOS. The molecule has 0 saturated carbocycles. The maximum absolute atomic E-state index is 11.3. The molecule has 1 atom stereocenters. The second-order valence-corrected chi connectivity index (χ2v) is 4.82. The Labute approximate surface area is 95.6 Å². The largest absolute Gasteiger partial charge is 0.248 e. The number of nitrogens with two attached hydrogens (primary N) is 1. The molecule has 2 aromatic carbocycles. The first kappa shape index (κ1) is 10.6. The molecule has 15 heavy (non-hydrogen) atoms. The molecule has 0 amide bonds. The second-order valence-electron chi connectivity index (χ2n) is 3.38. The Hall–Kier alpha value is -0.900. The van der Waals surface area contributed by atoms with Gasteiger partial charge in [-0.2, -0.15) is 0 Å². The van der Waals surface area contributed by atoms with Crippen LogP contribution >= 0.6 is 11.6 Å². The summed E-state index contributed by atoms with van der Waals surface area (Å²) in [7, 11) is -1.45. The molecule has 0 bridgehead atoms. The normalized spacial score (nSPS) is 13.0. The highest BCUT2D eigenvalue weighted by molar-refractivity contribution is 7.82. The van der Waals surface area contributed by atoms with Crippen LogP contribution in [-0.4, -0.2) is 4.21 Å². The van der Waals surface area contributed by atoms with Gasteiger partial charge >= 0.3 is 0 Å². The van der Waals surface area contributed by atoms with Gasteiger partial charge in [0.15, 0.2) is 0 Å². The number of rotatable bonds is 1. The Morgan fingerprint density at radius 3 is 2.73 bits per heavy atom. The number of halogens is 1. The Bertz CT molecular complexity index is 554. The molecule has 0 fully saturated rings. The molecular weight excluding hydrogens is 230 g/mol. The van der Waals surface area contributed by atoms with E-state index in [4.69, 9.17) is 16.7 Å². The van der Waals surface area contributed by atoms with E-state index in [-0.39, 0.29) is 0 Å². The van der Waals surface area contributed by atoms with Gasteiger partial charge in [-0.1, -0.05) is 23.7 Å². The predicted molar refractivity (Wildman–Crippen MR) is 64.3 cm³/mol. The van der Waals surface area contributed by atoms with Crippen molar-refractivity contribution in [3.8, 4) is 0 Å². The molecule has 0 aliphatic heterocycles. The first-order valence-electron chi connectivity index (χ1n) is 4.44. The van der Waals surface area contributed by atoms with E-state index in [9.17, 15) is 4.21 Å². The van der Waals surface area contributed by atoms with E-state index < -0.39 is 11.0 Å². The summed E-state index contributed by atoms with van der Waals surface area (Å²) in [6.07, 6.45) is 0. The number of hydrogen-bond acceptors (Lipinski definition) is 1. The van der Waals surface area contributed by atoms with Gasteiger partial charge in [0.05, 0.1) is 4.90 Å². The topological polar surface area (TPSA) is 43.1 Å². The number of fused-ring (bicyclic) bond motifs is 1. The number of hydrogen-bond donors (Lipinski definition) is 1. The maximum atomic E-state index is 11.3. The lowest BCUT2D eigenvalue weighted by Crippen LogP contribution is -2.04. The molecule has 2 N–H and O–H groups in total. The fourth-order valence-corrected chi connectivity index (χ4v) is 2.45. The summed E-state index contributed by atoms with van der Waals surface area (Å²) in [5.74, 6) is 0. The van der Waals surface area contributed by atoms with Crippen LogP contribution in [0.15, 0.2) is 35.2 Å². The van der Waals surface area contributed by atoms with Crippen LogP contribution in [0.4, 0.5) is 0 Å². The summed E-state index contributed by atoms with van der Waals surface area (Å²) in [4.78, 5) is 0.657. The van der Waals surface area contributed by atoms with Crippen molar-refractivity contribution in [3.05, 3.63) is 40.9 Å². The number of benzene rings is 2. The van der Waals surface area contributed by atoms with Crippen LogP contribution in [0.5, 0.6) is 0 Å². The van der Waals surface area contributed by atoms with Crippen LogP contribution in [-0.2, 0) is 11.0 Å². The minimum absolute atomic E-state index is 0.657. The lowest BCUT2D eigenvalue weighted by Gasteiger charge is -2.06. The first-order valence-corrected chi connectivity index (χ1v) is 6.04. The zero-order valence-electron chi connectivity index (χ0n) is 8.16. The molecule has 0 saturated heterocycles. The summed E-state index contributed by atoms with van der Waals surface area (Å²) < 4.78 is 11.3. The van der Waals surface area contributed by atoms with Crippen molar-refractivity contribution in [2.45, 2.75) is 11.8 Å². The van der Waals surface area contributed by atoms with Crippen LogP contribution in [0.3, 0.4) is 0 Å². The van der Waals surface area contributed by atoms with Gasteiger partial charge in [-0.25, -0.2) is 9.35 Å². The molecule has 4 heteroatoms. The minimum atomic E-state index is -1.45. The molecule has 0 aromatic heterocycles. The fraction of sp³-hybridized carbons (Fsp3) is 0.0909. The summed E-state index contributed by atoms with van der Waals surface area (Å²) in [6, 6.07) is 9.37. The Balaban J connectivity index is 2.82. The molecule has 0 spiro atoms. The van der Waals surface area contributed by atoms with Gasteiger partial charge in [-0.3, -0.25) is 0 Å². The van der Waals surface area contributed by atoms with Gasteiger partial charge in [0, 0.05) is 10.4 Å². The van der Waals surface area contributed by atoms with Crippen molar-refractivity contribution in [1.82, 2.24) is 0 Å². The quantitative estimate of drug-likeness (QED) is 0.817. The molecule has 0 radical (unpaired) electrons. The van der Waals surface area contributed by atoms with Crippen LogP contribution in [0.2, 0.25) is 5.02 Å². The molecule has 78 valence electrons. The minimum Gasteiger partial charge on any atom is -0.248 e. The van der Waals surface area contributed by atoms with Crippen molar-refractivity contribution in [2.75, 3.05) is 0 Å². The third-order valence-corrected chi connectivity index (χ3v) is 3.54. The van der Waals surface area contributed by atoms with E-state index in [0.29, 0.717) is 9.92 Å². The molecule has 1 unspecified atom stereocenters. The highest BCUT2D eigenvalue weighted by Crippen LogP contribution is 2.27. The van der Waals surface area contributed by atoms with E-state index in [0.717, 1.165) is 16.3 Å². The van der Waals surface area contributed by atoms with Gasteiger partial charge in [0.25, 0.3) is 0 Å². The van der Waals surface area contributed by atoms with Crippen LogP contribution < -0.4 is 5.14 Å². The van der Waals surface area contributed by atoms with Gasteiger partial charge < -0.3 is 0 Å². The molecule has 0 aliphatic rings. The summed E-state index contributed by atoms with van der Waals surface area (Å²) in [5, 5.41) is 8.01. The average Bonchev–Trinajstić information content (AvgIpc) is 2.18. The lowest BCUT2D eigenvalue weighted by molar-refractivity contribution is 0.684. The van der Waals surface area contributed by atoms with Gasteiger partial charge in [-0.05, 0) is 36.1 Å². The van der Waals surface area contributed by atoms with Gasteiger partial charge in [0.1, 0.15) is 11.0 Å². The van der Waals surface area contributed by atoms with Crippen LogP contribution in [0, 0.1) is 6.92 Å². The highest BCUT2D eigenvalue weighted by Gasteiger charge is 2.06. The molecule has 2 rings (SSSR count). The average molecular weight is 240 g/mol. The number of aryl methyl sites for hydroxylation is 1. The first-order chi connectivity index (χ1) is 7.09. The predicted octanol–water partition coefficient (Wildman–Crippen LogP) is 2.78. The smallest absolute Gasteiger partial charge is 0.122 e. The van der Waals surface area contributed by atoms with Crippen molar-refractivity contribution in [3.63, 3.8) is 0 Å². The zero-order chi connectivity index (χ0) is 11.0. The Kier molecular flexibility index (Phi) is 2.78. The zero-order valence-corrected chi connectivity index (χ0v) is 9.73. The Morgan fingerprint density at radius 1 is 1.33 bits per heavy atom. The van der Waals surface area contributed by atoms with Crippen LogP contribution in [0.1, 0.15) is 5.56 Å². The van der Waals surface area contributed by atoms with Gasteiger partial charge in [0.2, 0.25) is 0 Å². The van der Waals surface area contributed by atoms with Crippen molar-refractivity contribution in [1.29, 1.82) is 0 Å². The highest BCUT2D eigenvalue weighted by atomic mass is 35.5. The summed E-state index contributed by atoms with van der Waals surface area (Å²) >= 11 is 6.05. The lowest BCUT2D eigenvalue weighted by atomic mass is 10.1.